The van der Waals surface area contributed by atoms with Gasteiger partial charge < -0.3 is 19.1 Å². The summed E-state index contributed by atoms with van der Waals surface area (Å²) in [6.45, 7) is 0.261. The standard InChI is InChI=1S/C14H16FNO3/c1-18-13-4-3-10(5-14(13)19-2)7-16-8-11(15)6-12(16)9-17/h3-6,8,17H,7,9H2,1-2H3. The highest BCUT2D eigenvalue weighted by atomic mass is 19.1. The van der Waals surface area contributed by atoms with Gasteiger partial charge in [-0.2, -0.15) is 0 Å². The second-order valence-electron chi connectivity index (χ2n) is 4.13. The SMILES string of the molecule is COc1ccc(Cn2cc(F)cc2CO)cc1OC. The lowest BCUT2D eigenvalue weighted by molar-refractivity contribution is 0.271. The molecule has 0 aliphatic rings. The Kier molecular flexibility index (Phi) is 4.06. The summed E-state index contributed by atoms with van der Waals surface area (Å²) < 4.78 is 25.2. The zero-order valence-corrected chi connectivity index (χ0v) is 10.9. The van der Waals surface area contributed by atoms with Gasteiger partial charge in [0.15, 0.2) is 11.5 Å². The molecule has 0 saturated heterocycles. The van der Waals surface area contributed by atoms with E-state index in [0.29, 0.717) is 23.7 Å². The molecule has 0 fully saturated rings. The molecule has 0 aliphatic heterocycles. The third-order valence-corrected chi connectivity index (χ3v) is 2.92. The van der Waals surface area contributed by atoms with Crippen LogP contribution in [0.1, 0.15) is 11.3 Å². The van der Waals surface area contributed by atoms with Gasteiger partial charge in [-0.15, -0.1) is 0 Å². The van der Waals surface area contributed by atoms with Gasteiger partial charge in [-0.25, -0.2) is 4.39 Å². The van der Waals surface area contributed by atoms with Crippen LogP contribution < -0.4 is 9.47 Å². The normalized spacial score (nSPS) is 10.5. The first kappa shape index (κ1) is 13.4. The van der Waals surface area contributed by atoms with E-state index in [2.05, 4.69) is 0 Å². The molecule has 1 aromatic heterocycles. The van der Waals surface area contributed by atoms with Gasteiger partial charge in [0.25, 0.3) is 0 Å². The number of benzene rings is 1. The van der Waals surface area contributed by atoms with E-state index < -0.39 is 0 Å². The first-order chi connectivity index (χ1) is 9.17. The van der Waals surface area contributed by atoms with Gasteiger partial charge in [0.1, 0.15) is 5.82 Å². The summed E-state index contributed by atoms with van der Waals surface area (Å²) in [4.78, 5) is 0. The van der Waals surface area contributed by atoms with E-state index in [0.717, 1.165) is 5.56 Å². The summed E-state index contributed by atoms with van der Waals surface area (Å²) in [6, 6.07) is 6.83. The first-order valence-electron chi connectivity index (χ1n) is 5.84. The second-order valence-corrected chi connectivity index (χ2v) is 4.13. The average molecular weight is 265 g/mol. The number of aliphatic hydroxyl groups is 1. The fraction of sp³-hybridized carbons (Fsp3) is 0.286. The molecule has 0 spiro atoms. The largest absolute Gasteiger partial charge is 0.493 e. The quantitative estimate of drug-likeness (QED) is 0.901. The van der Waals surface area contributed by atoms with Gasteiger partial charge in [-0.3, -0.25) is 0 Å². The lowest BCUT2D eigenvalue weighted by Gasteiger charge is -2.11. The third-order valence-electron chi connectivity index (χ3n) is 2.92. The lowest BCUT2D eigenvalue weighted by Crippen LogP contribution is -2.03. The van der Waals surface area contributed by atoms with Crippen molar-refractivity contribution in [2.45, 2.75) is 13.2 Å². The number of aromatic nitrogens is 1. The van der Waals surface area contributed by atoms with Crippen LogP contribution in [0.2, 0.25) is 0 Å². The molecule has 0 radical (unpaired) electrons. The zero-order valence-electron chi connectivity index (χ0n) is 10.9. The molecule has 0 amide bonds. The van der Waals surface area contributed by atoms with Crippen molar-refractivity contribution in [3.05, 3.63) is 47.5 Å². The Hall–Kier alpha value is -2.01. The lowest BCUT2D eigenvalue weighted by atomic mass is 10.2. The van der Waals surface area contributed by atoms with Crippen LogP contribution in [0.3, 0.4) is 0 Å². The molecule has 0 saturated carbocycles. The summed E-state index contributed by atoms with van der Waals surface area (Å²) in [5.41, 5.74) is 1.47. The van der Waals surface area contributed by atoms with Crippen LogP contribution in [0.25, 0.3) is 0 Å². The van der Waals surface area contributed by atoms with E-state index in [-0.39, 0.29) is 12.4 Å². The maximum absolute atomic E-state index is 13.2. The minimum atomic E-state index is -0.357. The minimum absolute atomic E-state index is 0.197. The highest BCUT2D eigenvalue weighted by molar-refractivity contribution is 5.43. The molecular weight excluding hydrogens is 249 g/mol. The summed E-state index contributed by atoms with van der Waals surface area (Å²) in [5.74, 6) is 0.912. The van der Waals surface area contributed by atoms with E-state index >= 15 is 0 Å². The Labute approximate surface area is 111 Å². The molecule has 1 heterocycles. The Morgan fingerprint density at radius 3 is 2.53 bits per heavy atom. The van der Waals surface area contributed by atoms with Crippen molar-refractivity contribution in [3.63, 3.8) is 0 Å². The fourth-order valence-electron chi connectivity index (χ4n) is 1.97. The van der Waals surface area contributed by atoms with Crippen LogP contribution in [0, 0.1) is 5.82 Å². The Morgan fingerprint density at radius 1 is 1.16 bits per heavy atom. The third kappa shape index (κ3) is 2.88. The number of nitrogens with zero attached hydrogens (tertiary/aromatic N) is 1. The molecule has 2 rings (SSSR count). The van der Waals surface area contributed by atoms with Crippen LogP contribution in [-0.4, -0.2) is 23.9 Å². The van der Waals surface area contributed by atoms with Crippen LogP contribution in [0.15, 0.2) is 30.5 Å². The fourth-order valence-corrected chi connectivity index (χ4v) is 1.97. The summed E-state index contributed by atoms with van der Waals surface area (Å²) in [6.07, 6.45) is 1.36. The van der Waals surface area contributed by atoms with Gasteiger partial charge in [0.05, 0.1) is 20.8 Å². The molecule has 0 bridgehead atoms. The molecule has 0 atom stereocenters. The highest BCUT2D eigenvalue weighted by Gasteiger charge is 2.08. The highest BCUT2D eigenvalue weighted by Crippen LogP contribution is 2.28. The van der Waals surface area contributed by atoms with Gasteiger partial charge in [0, 0.05) is 18.4 Å². The van der Waals surface area contributed by atoms with Crippen molar-refractivity contribution in [3.8, 4) is 11.5 Å². The Balaban J connectivity index is 2.27. The summed E-state index contributed by atoms with van der Waals surface area (Å²) in [7, 11) is 3.14. The second kappa shape index (κ2) is 5.75. The van der Waals surface area contributed by atoms with Crippen LogP contribution in [-0.2, 0) is 13.2 Å². The number of methoxy groups -OCH3 is 2. The summed E-state index contributed by atoms with van der Waals surface area (Å²) in [5, 5.41) is 9.16. The molecule has 19 heavy (non-hydrogen) atoms. The minimum Gasteiger partial charge on any atom is -0.493 e. The van der Waals surface area contributed by atoms with E-state index in [1.54, 1.807) is 24.9 Å². The van der Waals surface area contributed by atoms with Crippen LogP contribution in [0.4, 0.5) is 4.39 Å². The molecule has 2 aromatic rings. The number of rotatable bonds is 5. The maximum Gasteiger partial charge on any atom is 0.161 e. The van der Waals surface area contributed by atoms with Crippen molar-refractivity contribution in [1.29, 1.82) is 0 Å². The van der Waals surface area contributed by atoms with Crippen molar-refractivity contribution in [1.82, 2.24) is 4.57 Å². The topological polar surface area (TPSA) is 43.6 Å². The smallest absolute Gasteiger partial charge is 0.161 e. The Bertz CT molecular complexity index is 566. The van der Waals surface area contributed by atoms with Crippen molar-refractivity contribution in [2.75, 3.05) is 14.2 Å². The molecule has 1 aromatic carbocycles. The maximum atomic E-state index is 13.2. The predicted octanol–water partition coefficient (Wildman–Crippen LogP) is 2.19. The van der Waals surface area contributed by atoms with E-state index in [9.17, 15) is 4.39 Å². The molecule has 5 heteroatoms. The van der Waals surface area contributed by atoms with Gasteiger partial charge >= 0.3 is 0 Å². The van der Waals surface area contributed by atoms with Crippen LogP contribution >= 0.6 is 0 Å². The zero-order chi connectivity index (χ0) is 13.8. The van der Waals surface area contributed by atoms with E-state index in [1.807, 2.05) is 12.1 Å². The number of hydrogen-bond acceptors (Lipinski definition) is 3. The van der Waals surface area contributed by atoms with E-state index in [4.69, 9.17) is 14.6 Å². The van der Waals surface area contributed by atoms with Crippen molar-refractivity contribution < 1.29 is 19.0 Å². The molecule has 0 aliphatic carbocycles. The number of hydrogen-bond donors (Lipinski definition) is 1. The molecule has 4 nitrogen and oxygen atoms in total. The number of halogens is 1. The number of aliphatic hydroxyl groups excluding tert-OH is 1. The molecule has 102 valence electrons. The molecule has 0 unspecified atom stereocenters. The van der Waals surface area contributed by atoms with Gasteiger partial charge in [0.2, 0.25) is 0 Å². The number of ether oxygens (including phenoxy) is 2. The summed E-state index contributed by atoms with van der Waals surface area (Å²) >= 11 is 0. The Morgan fingerprint density at radius 2 is 1.89 bits per heavy atom. The predicted molar refractivity (Wildman–Crippen MR) is 69.0 cm³/mol. The monoisotopic (exact) mass is 265 g/mol. The molecule has 1 N–H and O–H groups in total. The van der Waals surface area contributed by atoms with Gasteiger partial charge in [-0.05, 0) is 23.8 Å². The van der Waals surface area contributed by atoms with Crippen molar-refractivity contribution in [2.24, 2.45) is 0 Å². The van der Waals surface area contributed by atoms with E-state index in [1.165, 1.54) is 12.3 Å². The molecular formula is C14H16FNO3. The average Bonchev–Trinajstić information content (AvgIpc) is 2.78. The van der Waals surface area contributed by atoms with Crippen molar-refractivity contribution >= 4 is 0 Å². The van der Waals surface area contributed by atoms with Crippen LogP contribution in [0.5, 0.6) is 11.5 Å². The first-order valence-corrected chi connectivity index (χ1v) is 5.84. The van der Waals surface area contributed by atoms with Gasteiger partial charge in [-0.1, -0.05) is 6.07 Å².